The van der Waals surface area contributed by atoms with Crippen molar-refractivity contribution in [2.24, 2.45) is 0 Å². The number of fused-ring (bicyclic) bond motifs is 2. The fourth-order valence-electron chi connectivity index (χ4n) is 3.19. The van der Waals surface area contributed by atoms with Crippen LogP contribution in [0.15, 0.2) is 54.6 Å². The second-order valence-corrected chi connectivity index (χ2v) is 5.05. The van der Waals surface area contributed by atoms with Crippen LogP contribution < -0.4 is 4.90 Å². The van der Waals surface area contributed by atoms with Crippen LogP contribution >= 0.6 is 0 Å². The molecule has 0 aromatic heterocycles. The molecule has 2 atom stereocenters. The molecule has 0 bridgehead atoms. The molecule has 17 heavy (non-hydrogen) atoms. The molecule has 84 valence electrons. The molecule has 2 aromatic carbocycles. The molecule has 0 radical (unpaired) electrons. The Balaban J connectivity index is 1.64. The predicted molar refractivity (Wildman–Crippen MR) is 70.3 cm³/mol. The summed E-state index contributed by atoms with van der Waals surface area (Å²) in [5.74, 6) is 0. The molecule has 1 saturated heterocycles. The maximum absolute atomic E-state index is 2.57. The Morgan fingerprint density at radius 2 is 1.24 bits per heavy atom. The van der Waals surface area contributed by atoms with Gasteiger partial charge in [0.25, 0.3) is 0 Å². The van der Waals surface area contributed by atoms with E-state index in [2.05, 4.69) is 59.5 Å². The van der Waals surface area contributed by atoms with E-state index < -0.39 is 0 Å². The van der Waals surface area contributed by atoms with Crippen LogP contribution in [0.2, 0.25) is 0 Å². The Bertz CT molecular complexity index is 515. The minimum Gasteiger partial charge on any atom is -0.361 e. The lowest BCUT2D eigenvalue weighted by atomic mass is 9.92. The Morgan fingerprint density at radius 1 is 0.706 bits per heavy atom. The summed E-state index contributed by atoms with van der Waals surface area (Å²) in [4.78, 5) is 2.57. The van der Waals surface area contributed by atoms with Gasteiger partial charge in [-0.1, -0.05) is 42.5 Å². The van der Waals surface area contributed by atoms with E-state index in [1.165, 1.54) is 18.5 Å². The molecule has 1 nitrogen and oxygen atoms in total. The topological polar surface area (TPSA) is 3.01 Å². The summed E-state index contributed by atoms with van der Waals surface area (Å²) in [6.07, 6.45) is 2.44. The van der Waals surface area contributed by atoms with E-state index in [0.29, 0.717) is 0 Å². The van der Waals surface area contributed by atoms with Gasteiger partial charge in [0.2, 0.25) is 0 Å². The van der Waals surface area contributed by atoms with Gasteiger partial charge in [-0.25, -0.2) is 0 Å². The van der Waals surface area contributed by atoms with E-state index in [1.54, 1.807) is 11.1 Å². The fraction of sp³-hybridized carbons (Fsp3) is 0.250. The van der Waals surface area contributed by atoms with Crippen LogP contribution in [-0.2, 0) is 12.8 Å². The summed E-state index contributed by atoms with van der Waals surface area (Å²) in [5, 5.41) is 0. The lowest BCUT2D eigenvalue weighted by Crippen LogP contribution is -2.11. The Labute approximate surface area is 102 Å². The molecule has 0 saturated carbocycles. The number of rotatable bonds is 1. The highest BCUT2D eigenvalue weighted by Crippen LogP contribution is 2.42. The Kier molecular flexibility index (Phi) is 1.84. The average Bonchev–Trinajstić information content (AvgIpc) is 3.10. The van der Waals surface area contributed by atoms with Crippen molar-refractivity contribution in [1.29, 1.82) is 0 Å². The molecule has 0 spiro atoms. The van der Waals surface area contributed by atoms with E-state index in [-0.39, 0.29) is 0 Å². The van der Waals surface area contributed by atoms with Crippen LogP contribution in [0.1, 0.15) is 11.1 Å². The van der Waals surface area contributed by atoms with Crippen LogP contribution in [0.25, 0.3) is 0 Å². The van der Waals surface area contributed by atoms with Crippen molar-refractivity contribution in [3.8, 4) is 0 Å². The molecule has 1 heteroatoms. The number of nitrogens with zero attached hydrogens (tertiary/aromatic N) is 1. The summed E-state index contributed by atoms with van der Waals surface area (Å²) in [6.45, 7) is 0. The quantitative estimate of drug-likeness (QED) is 0.669. The summed E-state index contributed by atoms with van der Waals surface area (Å²) in [6, 6.07) is 21.2. The van der Waals surface area contributed by atoms with E-state index in [0.717, 1.165) is 12.1 Å². The first-order chi connectivity index (χ1) is 8.43. The van der Waals surface area contributed by atoms with E-state index >= 15 is 0 Å². The van der Waals surface area contributed by atoms with Crippen molar-refractivity contribution in [2.75, 3.05) is 4.90 Å². The van der Waals surface area contributed by atoms with Gasteiger partial charge < -0.3 is 4.90 Å². The highest BCUT2D eigenvalue weighted by Gasteiger charge is 2.49. The van der Waals surface area contributed by atoms with Crippen molar-refractivity contribution < 1.29 is 0 Å². The van der Waals surface area contributed by atoms with Crippen molar-refractivity contribution in [3.05, 3.63) is 65.7 Å². The van der Waals surface area contributed by atoms with Gasteiger partial charge in [0, 0.05) is 5.69 Å². The number of para-hydroxylation sites is 1. The smallest absolute Gasteiger partial charge is 0.0541 e. The number of anilines is 1. The molecule has 1 fully saturated rings. The summed E-state index contributed by atoms with van der Waals surface area (Å²) in [7, 11) is 0. The highest BCUT2D eigenvalue weighted by molar-refractivity contribution is 5.59. The zero-order valence-electron chi connectivity index (χ0n) is 9.71. The molecule has 0 amide bonds. The van der Waals surface area contributed by atoms with Gasteiger partial charge in [0.05, 0.1) is 12.1 Å². The molecule has 0 N–H and O–H groups in total. The molecule has 2 unspecified atom stereocenters. The Morgan fingerprint density at radius 3 is 1.82 bits per heavy atom. The van der Waals surface area contributed by atoms with E-state index in [9.17, 15) is 0 Å². The van der Waals surface area contributed by atoms with E-state index in [4.69, 9.17) is 0 Å². The van der Waals surface area contributed by atoms with Gasteiger partial charge in [-0.05, 0) is 36.1 Å². The van der Waals surface area contributed by atoms with Crippen molar-refractivity contribution >= 4 is 5.69 Å². The second kappa shape index (κ2) is 3.36. The van der Waals surface area contributed by atoms with Crippen molar-refractivity contribution in [3.63, 3.8) is 0 Å². The van der Waals surface area contributed by atoms with Gasteiger partial charge in [0.1, 0.15) is 0 Å². The van der Waals surface area contributed by atoms with Crippen LogP contribution in [0.5, 0.6) is 0 Å². The fourth-order valence-corrected chi connectivity index (χ4v) is 3.19. The van der Waals surface area contributed by atoms with E-state index in [1.807, 2.05) is 0 Å². The van der Waals surface area contributed by atoms with Gasteiger partial charge in [-0.15, -0.1) is 0 Å². The molecule has 1 aliphatic heterocycles. The zero-order valence-corrected chi connectivity index (χ0v) is 9.71. The van der Waals surface area contributed by atoms with Crippen LogP contribution in [0.4, 0.5) is 5.69 Å². The third-order valence-corrected chi connectivity index (χ3v) is 4.10. The molecule has 1 aliphatic carbocycles. The second-order valence-electron chi connectivity index (χ2n) is 5.05. The Hall–Kier alpha value is -1.76. The van der Waals surface area contributed by atoms with Crippen molar-refractivity contribution in [2.45, 2.75) is 24.9 Å². The third kappa shape index (κ3) is 1.39. The first kappa shape index (κ1) is 9.29. The third-order valence-electron chi connectivity index (χ3n) is 4.10. The normalized spacial score (nSPS) is 25.1. The summed E-state index contributed by atoms with van der Waals surface area (Å²) < 4.78 is 0. The number of benzene rings is 2. The maximum Gasteiger partial charge on any atom is 0.0541 e. The van der Waals surface area contributed by atoms with Gasteiger partial charge in [-0.2, -0.15) is 0 Å². The predicted octanol–water partition coefficient (Wildman–Crippen LogP) is 3.04. The number of hydrogen-bond acceptors (Lipinski definition) is 1. The number of hydrogen-bond donors (Lipinski definition) is 0. The zero-order chi connectivity index (χ0) is 11.2. The lowest BCUT2D eigenvalue weighted by molar-refractivity contribution is 0.794. The van der Waals surface area contributed by atoms with Crippen LogP contribution in [-0.4, -0.2) is 12.1 Å². The minimum atomic E-state index is 0.743. The monoisotopic (exact) mass is 221 g/mol. The molecule has 4 rings (SSSR count). The molecule has 2 aliphatic rings. The van der Waals surface area contributed by atoms with Gasteiger partial charge in [-0.3, -0.25) is 0 Å². The van der Waals surface area contributed by atoms with Gasteiger partial charge in [0.15, 0.2) is 0 Å². The summed E-state index contributed by atoms with van der Waals surface area (Å²) >= 11 is 0. The highest BCUT2D eigenvalue weighted by atomic mass is 15.4. The molecule has 1 heterocycles. The molecule has 2 aromatic rings. The molecular weight excluding hydrogens is 206 g/mol. The summed E-state index contributed by atoms with van der Waals surface area (Å²) in [5.41, 5.74) is 4.48. The SMILES string of the molecule is c1ccc(N2C3Cc4ccccc4CC32)cc1. The minimum absolute atomic E-state index is 0.743. The lowest BCUT2D eigenvalue weighted by Gasteiger charge is -2.11. The maximum atomic E-state index is 2.57. The van der Waals surface area contributed by atoms with Crippen molar-refractivity contribution in [1.82, 2.24) is 0 Å². The van der Waals surface area contributed by atoms with Crippen LogP contribution in [0, 0.1) is 0 Å². The average molecular weight is 221 g/mol. The first-order valence-electron chi connectivity index (χ1n) is 6.33. The standard InChI is InChI=1S/C16H15N/c1-2-8-14(9-3-1)17-15-10-12-6-4-5-7-13(12)11-16(15)17/h1-9,15-16H,10-11H2. The first-order valence-corrected chi connectivity index (χ1v) is 6.33. The van der Waals surface area contributed by atoms with Gasteiger partial charge >= 0.3 is 0 Å². The van der Waals surface area contributed by atoms with Crippen LogP contribution in [0.3, 0.4) is 0 Å². The molecular formula is C16H15N. The largest absolute Gasteiger partial charge is 0.361 e.